The van der Waals surface area contributed by atoms with Crippen molar-refractivity contribution in [2.24, 2.45) is 0 Å². The van der Waals surface area contributed by atoms with Crippen LogP contribution in [-0.4, -0.2) is 54.5 Å². The molecule has 17 heavy (non-hydrogen) atoms. The van der Waals surface area contributed by atoms with Gasteiger partial charge < -0.3 is 15.2 Å². The van der Waals surface area contributed by atoms with Gasteiger partial charge in [0, 0.05) is 25.6 Å². The van der Waals surface area contributed by atoms with Crippen LogP contribution >= 0.6 is 0 Å². The van der Waals surface area contributed by atoms with E-state index < -0.39 is 5.97 Å². The van der Waals surface area contributed by atoms with E-state index in [0.29, 0.717) is 32.7 Å². The Morgan fingerprint density at radius 2 is 2.06 bits per heavy atom. The molecule has 0 aromatic rings. The van der Waals surface area contributed by atoms with E-state index in [4.69, 9.17) is 9.84 Å². The maximum atomic E-state index is 11.5. The molecule has 1 saturated heterocycles. The van der Waals surface area contributed by atoms with Gasteiger partial charge in [-0.3, -0.25) is 10.2 Å². The van der Waals surface area contributed by atoms with Gasteiger partial charge in [0.1, 0.15) is 0 Å². The Morgan fingerprint density at radius 3 is 2.65 bits per heavy atom. The molecule has 1 fully saturated rings. The van der Waals surface area contributed by atoms with Gasteiger partial charge in [-0.1, -0.05) is 0 Å². The molecule has 0 bridgehead atoms. The quantitative estimate of drug-likeness (QED) is 0.623. The van der Waals surface area contributed by atoms with Crippen LogP contribution in [0.15, 0.2) is 0 Å². The second kappa shape index (κ2) is 7.08. The molecule has 1 atom stereocenters. The molecule has 1 heterocycles. The first-order chi connectivity index (χ1) is 8.08. The lowest BCUT2D eigenvalue weighted by atomic mass is 10.2. The molecule has 1 unspecified atom stereocenters. The van der Waals surface area contributed by atoms with E-state index in [2.05, 4.69) is 10.7 Å². The number of carboxylic acids is 1. The number of hydrogen-bond acceptors (Lipinski definition) is 4. The van der Waals surface area contributed by atoms with Crippen LogP contribution in [0, 0.1) is 0 Å². The number of aliphatic carboxylic acids is 1. The molecule has 7 nitrogen and oxygen atoms in total. The minimum atomic E-state index is -0.854. The SMILES string of the molecule is CC(CCC(=O)O)NC(=O)NN1CCOCC1. The zero-order chi connectivity index (χ0) is 12.7. The molecule has 0 spiro atoms. The van der Waals surface area contributed by atoms with Gasteiger partial charge >= 0.3 is 12.0 Å². The van der Waals surface area contributed by atoms with Gasteiger partial charge in [0.2, 0.25) is 0 Å². The molecule has 0 aromatic carbocycles. The van der Waals surface area contributed by atoms with E-state index >= 15 is 0 Å². The third-order valence-corrected chi connectivity index (χ3v) is 2.44. The number of urea groups is 1. The molecule has 0 aliphatic carbocycles. The van der Waals surface area contributed by atoms with Crippen LogP contribution in [0.25, 0.3) is 0 Å². The van der Waals surface area contributed by atoms with E-state index in [9.17, 15) is 9.59 Å². The Morgan fingerprint density at radius 1 is 1.41 bits per heavy atom. The summed E-state index contributed by atoms with van der Waals surface area (Å²) >= 11 is 0. The number of carboxylic acid groups (broad SMARTS) is 1. The molecule has 1 rings (SSSR count). The third kappa shape index (κ3) is 6.08. The largest absolute Gasteiger partial charge is 0.481 e. The standard InChI is InChI=1S/C10H19N3O4/c1-8(2-3-9(14)15)11-10(16)12-13-4-6-17-7-5-13/h8H,2-7H2,1H3,(H,14,15)(H2,11,12,16). The fourth-order valence-electron chi connectivity index (χ4n) is 1.49. The summed E-state index contributed by atoms with van der Waals surface area (Å²) in [4.78, 5) is 21.9. The van der Waals surface area contributed by atoms with E-state index in [-0.39, 0.29) is 18.5 Å². The highest BCUT2D eigenvalue weighted by Gasteiger charge is 2.14. The fourth-order valence-corrected chi connectivity index (χ4v) is 1.49. The second-order valence-corrected chi connectivity index (χ2v) is 4.02. The maximum absolute atomic E-state index is 11.5. The maximum Gasteiger partial charge on any atom is 0.329 e. The highest BCUT2D eigenvalue weighted by Crippen LogP contribution is 1.97. The predicted octanol–water partition coefficient (Wildman–Crippen LogP) is -0.214. The number of nitrogens with one attached hydrogen (secondary N) is 2. The summed E-state index contributed by atoms with van der Waals surface area (Å²) in [5.74, 6) is -0.854. The Bertz CT molecular complexity index is 266. The van der Waals surface area contributed by atoms with Crippen molar-refractivity contribution >= 4 is 12.0 Å². The fraction of sp³-hybridized carbons (Fsp3) is 0.800. The number of carbonyl (C=O) groups excluding carboxylic acids is 1. The van der Waals surface area contributed by atoms with Crippen LogP contribution in [0.5, 0.6) is 0 Å². The molecular formula is C10H19N3O4. The number of nitrogens with zero attached hydrogens (tertiary/aromatic N) is 1. The highest BCUT2D eigenvalue weighted by molar-refractivity contribution is 5.73. The minimum absolute atomic E-state index is 0.0546. The summed E-state index contributed by atoms with van der Waals surface area (Å²) in [5.41, 5.74) is 2.69. The van der Waals surface area contributed by atoms with Gasteiger partial charge in [-0.05, 0) is 13.3 Å². The summed E-state index contributed by atoms with van der Waals surface area (Å²) in [6.07, 6.45) is 0.477. The average molecular weight is 245 g/mol. The van der Waals surface area contributed by atoms with Crippen molar-refractivity contribution in [1.29, 1.82) is 0 Å². The average Bonchev–Trinajstić information content (AvgIpc) is 2.27. The van der Waals surface area contributed by atoms with Gasteiger partial charge in [-0.2, -0.15) is 0 Å². The van der Waals surface area contributed by atoms with Crippen molar-refractivity contribution in [1.82, 2.24) is 15.8 Å². The van der Waals surface area contributed by atoms with Crippen molar-refractivity contribution in [2.45, 2.75) is 25.8 Å². The van der Waals surface area contributed by atoms with Crippen molar-refractivity contribution in [2.75, 3.05) is 26.3 Å². The predicted molar refractivity (Wildman–Crippen MR) is 60.4 cm³/mol. The first-order valence-electron chi connectivity index (χ1n) is 5.69. The third-order valence-electron chi connectivity index (χ3n) is 2.44. The number of rotatable bonds is 5. The van der Waals surface area contributed by atoms with Gasteiger partial charge in [-0.15, -0.1) is 0 Å². The van der Waals surface area contributed by atoms with E-state index in [1.54, 1.807) is 11.9 Å². The zero-order valence-corrected chi connectivity index (χ0v) is 9.94. The van der Waals surface area contributed by atoms with Crippen molar-refractivity contribution in [3.05, 3.63) is 0 Å². The van der Waals surface area contributed by atoms with Crippen molar-refractivity contribution < 1.29 is 19.4 Å². The molecule has 0 aromatic heterocycles. The van der Waals surface area contributed by atoms with Crippen LogP contribution < -0.4 is 10.7 Å². The molecule has 0 radical (unpaired) electrons. The summed E-state index contributed by atoms with van der Waals surface area (Å²) in [6.45, 7) is 4.32. The first kappa shape index (κ1) is 13.7. The minimum Gasteiger partial charge on any atom is -0.481 e. The molecule has 3 N–H and O–H groups in total. The topological polar surface area (TPSA) is 90.9 Å². The van der Waals surface area contributed by atoms with Gasteiger partial charge in [0.15, 0.2) is 0 Å². The Labute approximate surface area is 100 Å². The number of amides is 2. The zero-order valence-electron chi connectivity index (χ0n) is 9.94. The smallest absolute Gasteiger partial charge is 0.329 e. The van der Waals surface area contributed by atoms with E-state index in [1.807, 2.05) is 0 Å². The van der Waals surface area contributed by atoms with Crippen LogP contribution in [0.1, 0.15) is 19.8 Å². The summed E-state index contributed by atoms with van der Waals surface area (Å²) in [6, 6.07) is -0.461. The molecule has 1 aliphatic rings. The number of morpholine rings is 1. The summed E-state index contributed by atoms with van der Waals surface area (Å²) < 4.78 is 5.15. The second-order valence-electron chi connectivity index (χ2n) is 4.02. The van der Waals surface area contributed by atoms with E-state index in [1.165, 1.54) is 0 Å². The van der Waals surface area contributed by atoms with Crippen LogP contribution in [-0.2, 0) is 9.53 Å². The highest BCUT2D eigenvalue weighted by atomic mass is 16.5. The molecule has 0 saturated carbocycles. The number of hydrazine groups is 1. The number of hydrogen-bond donors (Lipinski definition) is 3. The van der Waals surface area contributed by atoms with Gasteiger partial charge in [0.05, 0.1) is 13.2 Å². The molecule has 98 valence electrons. The normalized spacial score (nSPS) is 18.4. The lowest BCUT2D eigenvalue weighted by Crippen LogP contribution is -2.53. The lowest BCUT2D eigenvalue weighted by Gasteiger charge is -2.27. The lowest BCUT2D eigenvalue weighted by molar-refractivity contribution is -0.137. The van der Waals surface area contributed by atoms with Crippen LogP contribution in [0.2, 0.25) is 0 Å². The van der Waals surface area contributed by atoms with Gasteiger partial charge in [0.25, 0.3) is 0 Å². The van der Waals surface area contributed by atoms with Crippen LogP contribution in [0.3, 0.4) is 0 Å². The van der Waals surface area contributed by atoms with Crippen molar-refractivity contribution in [3.8, 4) is 0 Å². The molecule has 1 aliphatic heterocycles. The monoisotopic (exact) mass is 245 g/mol. The molecule has 2 amide bonds. The van der Waals surface area contributed by atoms with E-state index in [0.717, 1.165) is 0 Å². The Hall–Kier alpha value is -1.34. The first-order valence-corrected chi connectivity index (χ1v) is 5.69. The molecule has 7 heteroatoms. The Balaban J connectivity index is 2.16. The number of carbonyl (C=O) groups is 2. The number of ether oxygens (including phenoxy) is 1. The van der Waals surface area contributed by atoms with Crippen LogP contribution in [0.4, 0.5) is 4.79 Å². The summed E-state index contributed by atoms with van der Waals surface area (Å²) in [7, 11) is 0. The Kier molecular flexibility index (Phi) is 5.71. The van der Waals surface area contributed by atoms with Crippen molar-refractivity contribution in [3.63, 3.8) is 0 Å². The summed E-state index contributed by atoms with van der Waals surface area (Å²) in [5, 5.41) is 13.0. The van der Waals surface area contributed by atoms with Gasteiger partial charge in [-0.25, -0.2) is 9.80 Å². The molecular weight excluding hydrogens is 226 g/mol.